The molecule has 0 amide bonds. The smallest absolute Gasteiger partial charge is 0.166 e. The largest absolute Gasteiger partial charge is 0.490 e. The fourth-order valence-corrected chi connectivity index (χ4v) is 2.36. The maximum Gasteiger partial charge on any atom is 0.166 e. The van der Waals surface area contributed by atoms with Crippen molar-refractivity contribution in [2.75, 3.05) is 13.2 Å². The summed E-state index contributed by atoms with van der Waals surface area (Å²) >= 11 is 0. The first-order valence-electron chi connectivity index (χ1n) is 8.74. The summed E-state index contributed by atoms with van der Waals surface area (Å²) in [7, 11) is 0. The molecular formula is C21H30ClNO3. The molecule has 2 aromatic carbocycles. The van der Waals surface area contributed by atoms with Crippen LogP contribution in [0, 0.1) is 6.92 Å². The molecule has 0 aliphatic heterocycles. The molecule has 0 atom stereocenters. The van der Waals surface area contributed by atoms with Crippen molar-refractivity contribution in [3.8, 4) is 11.5 Å². The van der Waals surface area contributed by atoms with E-state index in [0.29, 0.717) is 19.8 Å². The van der Waals surface area contributed by atoms with Crippen molar-refractivity contribution in [3.05, 3.63) is 59.2 Å². The second-order valence-electron chi connectivity index (χ2n) is 6.85. The summed E-state index contributed by atoms with van der Waals surface area (Å²) in [5.74, 6) is 1.50. The molecule has 0 fully saturated rings. The average Bonchev–Trinajstić information content (AvgIpc) is 2.61. The Bertz CT molecular complexity index is 671. The van der Waals surface area contributed by atoms with E-state index in [0.717, 1.165) is 22.6 Å². The molecule has 2 aromatic rings. The van der Waals surface area contributed by atoms with E-state index in [1.54, 1.807) is 0 Å². The molecule has 0 saturated heterocycles. The summed E-state index contributed by atoms with van der Waals surface area (Å²) in [5.41, 5.74) is 3.01. The Morgan fingerprint density at radius 3 is 2.35 bits per heavy atom. The zero-order valence-electron chi connectivity index (χ0n) is 16.0. The first-order chi connectivity index (χ1) is 11.9. The van der Waals surface area contributed by atoms with Crippen LogP contribution in [0.4, 0.5) is 0 Å². The Morgan fingerprint density at radius 2 is 1.73 bits per heavy atom. The second-order valence-corrected chi connectivity index (χ2v) is 6.85. The number of halogens is 1. The quantitative estimate of drug-likeness (QED) is 0.683. The predicted octanol–water partition coefficient (Wildman–Crippen LogP) is 4.26. The van der Waals surface area contributed by atoms with Gasteiger partial charge in [0.05, 0.1) is 13.2 Å². The van der Waals surface area contributed by atoms with Gasteiger partial charge in [-0.25, -0.2) is 0 Å². The van der Waals surface area contributed by atoms with Crippen molar-refractivity contribution >= 4 is 12.4 Å². The highest BCUT2D eigenvalue weighted by Crippen LogP contribution is 2.32. The predicted molar refractivity (Wildman–Crippen MR) is 108 cm³/mol. The maximum absolute atomic E-state index is 9.44. The number of hydrogen-bond acceptors (Lipinski definition) is 4. The summed E-state index contributed by atoms with van der Waals surface area (Å²) in [6.07, 6.45) is 0. The van der Waals surface area contributed by atoms with E-state index < -0.39 is 0 Å². The van der Waals surface area contributed by atoms with Crippen LogP contribution < -0.4 is 14.8 Å². The first-order valence-corrected chi connectivity index (χ1v) is 8.74. The van der Waals surface area contributed by atoms with Crippen LogP contribution in [0.5, 0.6) is 11.5 Å². The van der Waals surface area contributed by atoms with Crippen LogP contribution in [-0.2, 0) is 13.2 Å². The van der Waals surface area contributed by atoms with E-state index in [1.165, 1.54) is 5.56 Å². The zero-order valence-corrected chi connectivity index (χ0v) is 16.9. The molecule has 26 heavy (non-hydrogen) atoms. The van der Waals surface area contributed by atoms with Crippen LogP contribution in [0.2, 0.25) is 0 Å². The van der Waals surface area contributed by atoms with E-state index >= 15 is 0 Å². The third-order valence-electron chi connectivity index (χ3n) is 4.02. The lowest BCUT2D eigenvalue weighted by Crippen LogP contribution is -2.42. The van der Waals surface area contributed by atoms with Crippen LogP contribution in [0.25, 0.3) is 0 Å². The molecule has 0 aromatic heterocycles. The minimum absolute atomic E-state index is 0. The van der Waals surface area contributed by atoms with Gasteiger partial charge in [-0.05, 0) is 39.3 Å². The molecule has 0 bridgehead atoms. The number of hydrogen-bond donors (Lipinski definition) is 2. The number of para-hydroxylation sites is 1. The molecule has 144 valence electrons. The summed E-state index contributed by atoms with van der Waals surface area (Å²) in [6.45, 7) is 9.69. The van der Waals surface area contributed by atoms with Crippen molar-refractivity contribution in [2.45, 2.75) is 46.4 Å². The monoisotopic (exact) mass is 379 g/mol. The van der Waals surface area contributed by atoms with E-state index in [9.17, 15) is 5.11 Å². The Kier molecular flexibility index (Phi) is 8.93. The number of nitrogens with one attached hydrogen (secondary N) is 1. The number of ether oxygens (including phenoxy) is 2. The molecule has 0 heterocycles. The SMILES string of the molecule is CCOc1cccc(CNC(C)(C)CO)c1OCc1ccc(C)cc1.Cl. The fraction of sp³-hybridized carbons (Fsp3) is 0.429. The van der Waals surface area contributed by atoms with Gasteiger partial charge in [-0.3, -0.25) is 0 Å². The highest BCUT2D eigenvalue weighted by atomic mass is 35.5. The molecule has 0 saturated carbocycles. The molecule has 4 nitrogen and oxygen atoms in total. The molecule has 5 heteroatoms. The molecule has 0 aliphatic carbocycles. The summed E-state index contributed by atoms with van der Waals surface area (Å²) in [5, 5.41) is 12.8. The maximum atomic E-state index is 9.44. The van der Waals surface area contributed by atoms with Crippen molar-refractivity contribution in [3.63, 3.8) is 0 Å². The molecule has 0 radical (unpaired) electrons. The minimum atomic E-state index is -0.351. The molecule has 0 aliphatic rings. The lowest BCUT2D eigenvalue weighted by molar-refractivity contribution is 0.186. The fourth-order valence-electron chi connectivity index (χ4n) is 2.36. The Hall–Kier alpha value is -1.75. The van der Waals surface area contributed by atoms with E-state index in [-0.39, 0.29) is 24.6 Å². The third kappa shape index (κ3) is 6.52. The second kappa shape index (κ2) is 10.4. The van der Waals surface area contributed by atoms with Crippen LogP contribution in [0.1, 0.15) is 37.5 Å². The van der Waals surface area contributed by atoms with Gasteiger partial charge in [-0.1, -0.05) is 42.0 Å². The van der Waals surface area contributed by atoms with Gasteiger partial charge in [0, 0.05) is 17.6 Å². The lowest BCUT2D eigenvalue weighted by atomic mass is 10.1. The van der Waals surface area contributed by atoms with Crippen molar-refractivity contribution in [2.24, 2.45) is 0 Å². The highest BCUT2D eigenvalue weighted by Gasteiger charge is 2.18. The van der Waals surface area contributed by atoms with Gasteiger partial charge < -0.3 is 19.9 Å². The molecule has 2 N–H and O–H groups in total. The van der Waals surface area contributed by atoms with E-state index in [1.807, 2.05) is 39.0 Å². The van der Waals surface area contributed by atoms with Crippen molar-refractivity contribution < 1.29 is 14.6 Å². The number of aliphatic hydroxyl groups excluding tert-OH is 1. The van der Waals surface area contributed by atoms with Gasteiger partial charge in [0.15, 0.2) is 11.5 Å². The number of rotatable bonds is 9. The van der Waals surface area contributed by atoms with E-state index in [4.69, 9.17) is 9.47 Å². The van der Waals surface area contributed by atoms with Gasteiger partial charge in [0.1, 0.15) is 6.61 Å². The highest BCUT2D eigenvalue weighted by molar-refractivity contribution is 5.85. The lowest BCUT2D eigenvalue weighted by Gasteiger charge is -2.25. The normalized spacial score (nSPS) is 11.0. The summed E-state index contributed by atoms with van der Waals surface area (Å²) in [6, 6.07) is 14.2. The van der Waals surface area contributed by atoms with Gasteiger partial charge in [0.25, 0.3) is 0 Å². The van der Waals surface area contributed by atoms with Crippen LogP contribution in [-0.4, -0.2) is 23.9 Å². The number of aryl methyl sites for hydroxylation is 1. The van der Waals surface area contributed by atoms with Gasteiger partial charge >= 0.3 is 0 Å². The minimum Gasteiger partial charge on any atom is -0.490 e. The summed E-state index contributed by atoms with van der Waals surface area (Å²) in [4.78, 5) is 0. The van der Waals surface area contributed by atoms with Gasteiger partial charge in [-0.15, -0.1) is 12.4 Å². The van der Waals surface area contributed by atoms with Crippen LogP contribution >= 0.6 is 12.4 Å². The zero-order chi connectivity index (χ0) is 18.3. The van der Waals surface area contributed by atoms with Crippen LogP contribution in [0.15, 0.2) is 42.5 Å². The van der Waals surface area contributed by atoms with Crippen molar-refractivity contribution in [1.29, 1.82) is 0 Å². The molecular weight excluding hydrogens is 350 g/mol. The third-order valence-corrected chi connectivity index (χ3v) is 4.02. The number of aliphatic hydroxyl groups is 1. The van der Waals surface area contributed by atoms with E-state index in [2.05, 4.69) is 36.5 Å². The Morgan fingerprint density at radius 1 is 1.04 bits per heavy atom. The topological polar surface area (TPSA) is 50.7 Å². The average molecular weight is 380 g/mol. The van der Waals surface area contributed by atoms with Crippen LogP contribution in [0.3, 0.4) is 0 Å². The van der Waals surface area contributed by atoms with Gasteiger partial charge in [0.2, 0.25) is 0 Å². The molecule has 0 spiro atoms. The number of benzene rings is 2. The van der Waals surface area contributed by atoms with Gasteiger partial charge in [-0.2, -0.15) is 0 Å². The molecule has 0 unspecified atom stereocenters. The molecule has 2 rings (SSSR count). The van der Waals surface area contributed by atoms with Crippen molar-refractivity contribution in [1.82, 2.24) is 5.32 Å². The summed E-state index contributed by atoms with van der Waals surface area (Å²) < 4.78 is 11.9. The standard InChI is InChI=1S/C21H29NO3.ClH/c1-5-24-19-8-6-7-18(13-22-21(3,4)15-23)20(19)25-14-17-11-9-16(2)10-12-17;/h6-12,22-23H,5,13-15H2,1-4H3;1H. The Balaban J connectivity index is 0.00000338. The Labute approximate surface area is 162 Å². The first kappa shape index (κ1) is 22.3.